The molecule has 0 fully saturated rings. The van der Waals surface area contributed by atoms with Gasteiger partial charge < -0.3 is 0 Å². The van der Waals surface area contributed by atoms with Crippen LogP contribution in [0.2, 0.25) is 0 Å². The number of rotatable bonds is 4. The summed E-state index contributed by atoms with van der Waals surface area (Å²) in [5.74, 6) is -1.82. The van der Waals surface area contributed by atoms with Gasteiger partial charge in [0.25, 0.3) is 0 Å². The Labute approximate surface area is 117 Å². The van der Waals surface area contributed by atoms with Gasteiger partial charge in [-0.25, -0.2) is 8.78 Å². The minimum absolute atomic E-state index is 0.0676. The number of Topliss-reactive ketones (excluding diaryl/α,β-unsaturated/α-hetero) is 1. The first kappa shape index (κ1) is 16.1. The number of carbonyl (C=O) groups is 1. The van der Waals surface area contributed by atoms with Crippen molar-refractivity contribution in [3.63, 3.8) is 0 Å². The largest absolute Gasteiger partial charge is 0.293 e. The van der Waals surface area contributed by atoms with Crippen molar-refractivity contribution in [3.8, 4) is 0 Å². The summed E-state index contributed by atoms with van der Waals surface area (Å²) in [6, 6.07) is 2.19. The van der Waals surface area contributed by atoms with Crippen LogP contribution in [0.3, 0.4) is 0 Å². The van der Waals surface area contributed by atoms with Gasteiger partial charge in [-0.2, -0.15) is 0 Å². The molecule has 0 atom stereocenters. The van der Waals surface area contributed by atoms with Crippen molar-refractivity contribution in [1.29, 1.82) is 0 Å². The highest BCUT2D eigenvalue weighted by Crippen LogP contribution is 2.28. The van der Waals surface area contributed by atoms with Crippen molar-refractivity contribution in [3.05, 3.63) is 29.3 Å². The third-order valence-electron chi connectivity index (χ3n) is 2.35. The van der Waals surface area contributed by atoms with E-state index in [1.54, 1.807) is 20.8 Å². The van der Waals surface area contributed by atoms with Gasteiger partial charge in [-0.1, -0.05) is 20.8 Å². The molecule has 106 valence electrons. The molecular formula is C14H19F2NOS. The Morgan fingerprint density at radius 3 is 2.26 bits per heavy atom. The highest BCUT2D eigenvalue weighted by molar-refractivity contribution is 7.97. The van der Waals surface area contributed by atoms with Crippen LogP contribution in [0.15, 0.2) is 17.0 Å². The Hall–Kier alpha value is -0.940. The second-order valence-electron chi connectivity index (χ2n) is 5.72. The predicted octanol–water partition coefficient (Wildman–Crippen LogP) is 4.20. The summed E-state index contributed by atoms with van der Waals surface area (Å²) in [6.45, 7) is 8.94. The summed E-state index contributed by atoms with van der Waals surface area (Å²) in [4.78, 5) is 12.3. The predicted molar refractivity (Wildman–Crippen MR) is 74.3 cm³/mol. The number of nitrogens with one attached hydrogen (secondary N) is 1. The van der Waals surface area contributed by atoms with Crippen molar-refractivity contribution < 1.29 is 13.6 Å². The summed E-state index contributed by atoms with van der Waals surface area (Å²) in [5.41, 5.74) is -0.770. The fourth-order valence-electron chi connectivity index (χ4n) is 1.37. The van der Waals surface area contributed by atoms with Crippen LogP contribution in [-0.2, 0) is 0 Å². The minimum Gasteiger partial charge on any atom is -0.293 e. The van der Waals surface area contributed by atoms with Gasteiger partial charge in [0.2, 0.25) is 0 Å². The molecule has 1 aromatic carbocycles. The Kier molecular flexibility index (Phi) is 5.10. The molecule has 0 spiro atoms. The van der Waals surface area contributed by atoms with Gasteiger partial charge >= 0.3 is 0 Å². The molecule has 0 aliphatic carbocycles. The van der Waals surface area contributed by atoms with Crippen LogP contribution >= 0.6 is 11.9 Å². The molecule has 0 aliphatic rings. The first-order chi connectivity index (χ1) is 8.62. The van der Waals surface area contributed by atoms with Crippen molar-refractivity contribution >= 4 is 17.7 Å². The molecule has 19 heavy (non-hydrogen) atoms. The monoisotopic (exact) mass is 287 g/mol. The number of hydrogen-bond acceptors (Lipinski definition) is 3. The van der Waals surface area contributed by atoms with E-state index in [9.17, 15) is 13.6 Å². The number of carbonyl (C=O) groups excluding carboxylic acids is 1. The van der Waals surface area contributed by atoms with Crippen LogP contribution < -0.4 is 4.72 Å². The number of halogens is 2. The van der Waals surface area contributed by atoms with Gasteiger partial charge in [0.1, 0.15) is 11.6 Å². The van der Waals surface area contributed by atoms with Crippen molar-refractivity contribution in [2.45, 2.75) is 45.6 Å². The Morgan fingerprint density at radius 2 is 1.79 bits per heavy atom. The lowest BCUT2D eigenvalue weighted by molar-refractivity contribution is 0.0853. The molecule has 1 aromatic rings. The number of hydrogen-bond donors (Lipinski definition) is 1. The van der Waals surface area contributed by atoms with Crippen LogP contribution in [0.25, 0.3) is 0 Å². The molecule has 0 aliphatic heterocycles. The molecule has 5 heteroatoms. The SMILES string of the molecule is CC(C)NSc1cc(C(=O)C(C)(C)C)c(F)cc1F. The zero-order valence-corrected chi connectivity index (χ0v) is 12.6. The van der Waals surface area contributed by atoms with E-state index >= 15 is 0 Å². The minimum atomic E-state index is -0.814. The van der Waals surface area contributed by atoms with E-state index < -0.39 is 17.0 Å². The quantitative estimate of drug-likeness (QED) is 0.664. The summed E-state index contributed by atoms with van der Waals surface area (Å²) >= 11 is 1.06. The molecule has 0 unspecified atom stereocenters. The third kappa shape index (κ3) is 4.28. The smallest absolute Gasteiger partial charge is 0.171 e. The number of benzene rings is 1. The second-order valence-corrected chi connectivity index (χ2v) is 6.60. The van der Waals surface area contributed by atoms with Gasteiger partial charge in [-0.3, -0.25) is 9.52 Å². The first-order valence-electron chi connectivity index (χ1n) is 6.09. The zero-order valence-electron chi connectivity index (χ0n) is 11.8. The zero-order chi connectivity index (χ0) is 14.8. The van der Waals surface area contributed by atoms with Crippen LogP contribution in [0, 0.1) is 17.0 Å². The average molecular weight is 287 g/mol. The maximum Gasteiger partial charge on any atom is 0.171 e. The van der Waals surface area contributed by atoms with E-state index in [0.29, 0.717) is 0 Å². The standard InChI is InChI=1S/C14H19F2NOS/c1-8(2)17-19-12-6-9(10(15)7-11(12)16)13(18)14(3,4)5/h6-8,17H,1-5H3. The topological polar surface area (TPSA) is 29.1 Å². The van der Waals surface area contributed by atoms with Gasteiger partial charge in [-0.05, 0) is 31.9 Å². The van der Waals surface area contributed by atoms with E-state index in [0.717, 1.165) is 18.0 Å². The van der Waals surface area contributed by atoms with E-state index in [1.165, 1.54) is 6.07 Å². The molecule has 1 N–H and O–H groups in total. The molecule has 2 nitrogen and oxygen atoms in total. The Balaban J connectivity index is 3.13. The molecule has 0 amide bonds. The van der Waals surface area contributed by atoms with Crippen LogP contribution in [-0.4, -0.2) is 11.8 Å². The van der Waals surface area contributed by atoms with Gasteiger partial charge in [0.15, 0.2) is 5.78 Å². The molecular weight excluding hydrogens is 268 g/mol. The molecule has 0 saturated heterocycles. The van der Waals surface area contributed by atoms with Crippen LogP contribution in [0.4, 0.5) is 8.78 Å². The lowest BCUT2D eigenvalue weighted by atomic mass is 9.86. The lowest BCUT2D eigenvalue weighted by Crippen LogP contribution is -2.22. The van der Waals surface area contributed by atoms with Crippen LogP contribution in [0.1, 0.15) is 45.0 Å². The van der Waals surface area contributed by atoms with E-state index in [2.05, 4.69) is 4.72 Å². The maximum atomic E-state index is 13.7. The van der Waals surface area contributed by atoms with Crippen LogP contribution in [0.5, 0.6) is 0 Å². The molecule has 0 heterocycles. The Morgan fingerprint density at radius 1 is 1.21 bits per heavy atom. The second kappa shape index (κ2) is 6.01. The molecule has 0 radical (unpaired) electrons. The summed E-state index contributed by atoms with van der Waals surface area (Å²) in [6.07, 6.45) is 0. The third-order valence-corrected chi connectivity index (χ3v) is 3.47. The summed E-state index contributed by atoms with van der Waals surface area (Å²) < 4.78 is 30.3. The highest BCUT2D eigenvalue weighted by Gasteiger charge is 2.26. The van der Waals surface area contributed by atoms with E-state index in [4.69, 9.17) is 0 Å². The number of ketones is 1. The Bertz CT molecular complexity index is 481. The van der Waals surface area contributed by atoms with E-state index in [-0.39, 0.29) is 22.3 Å². The van der Waals surface area contributed by atoms with E-state index in [1.807, 2.05) is 13.8 Å². The van der Waals surface area contributed by atoms with Gasteiger partial charge in [-0.15, -0.1) is 0 Å². The molecule has 0 bridgehead atoms. The molecule has 1 rings (SSSR count). The molecule has 0 aromatic heterocycles. The highest BCUT2D eigenvalue weighted by atomic mass is 32.2. The molecule has 0 saturated carbocycles. The summed E-state index contributed by atoms with van der Waals surface area (Å²) in [5, 5.41) is 0. The van der Waals surface area contributed by atoms with Crippen molar-refractivity contribution in [1.82, 2.24) is 4.72 Å². The maximum absolute atomic E-state index is 13.7. The normalized spacial score (nSPS) is 12.0. The first-order valence-corrected chi connectivity index (χ1v) is 6.90. The lowest BCUT2D eigenvalue weighted by Gasteiger charge is -2.18. The fraction of sp³-hybridized carbons (Fsp3) is 0.500. The van der Waals surface area contributed by atoms with Gasteiger partial charge in [0, 0.05) is 17.5 Å². The average Bonchev–Trinajstić information content (AvgIpc) is 2.25. The van der Waals surface area contributed by atoms with Crippen molar-refractivity contribution in [2.75, 3.05) is 0 Å². The summed E-state index contributed by atoms with van der Waals surface area (Å²) in [7, 11) is 0. The van der Waals surface area contributed by atoms with Crippen molar-refractivity contribution in [2.24, 2.45) is 5.41 Å². The van der Waals surface area contributed by atoms with Gasteiger partial charge in [0.05, 0.1) is 10.5 Å². The fourth-order valence-corrected chi connectivity index (χ4v) is 2.06.